The van der Waals surface area contributed by atoms with Gasteiger partial charge in [0, 0.05) is 5.54 Å². The van der Waals surface area contributed by atoms with Crippen molar-refractivity contribution in [3.05, 3.63) is 22.2 Å². The van der Waals surface area contributed by atoms with Crippen molar-refractivity contribution in [1.82, 2.24) is 0 Å². The second kappa shape index (κ2) is 4.39. The lowest BCUT2D eigenvalue weighted by Crippen LogP contribution is -2.43. The monoisotopic (exact) mass is 255 g/mol. The van der Waals surface area contributed by atoms with E-state index in [4.69, 9.17) is 26.8 Å². The second-order valence-electron chi connectivity index (χ2n) is 4.61. The summed E-state index contributed by atoms with van der Waals surface area (Å²) in [6.07, 6.45) is 3.17. The van der Waals surface area contributed by atoms with Gasteiger partial charge in [-0.2, -0.15) is 0 Å². The molecule has 0 aliphatic heterocycles. The first kappa shape index (κ1) is 12.5. The third-order valence-corrected chi connectivity index (χ3v) is 4.09. The Kier molecular flexibility index (Phi) is 3.23. The van der Waals surface area contributed by atoms with Gasteiger partial charge in [0.2, 0.25) is 0 Å². The Labute approximate surface area is 107 Å². The highest BCUT2D eigenvalue weighted by Crippen LogP contribution is 2.47. The molecule has 0 amide bonds. The molecular weight excluding hydrogens is 238 g/mol. The molecule has 3 nitrogen and oxygen atoms in total. The zero-order valence-corrected chi connectivity index (χ0v) is 11.2. The Hall–Kier alpha value is -0.930. The molecule has 1 aromatic carbocycles. The molecule has 2 N–H and O–H groups in total. The Bertz CT molecular complexity index is 442. The molecule has 0 saturated heterocycles. The van der Waals surface area contributed by atoms with E-state index >= 15 is 0 Å². The largest absolute Gasteiger partial charge is 0.493 e. The van der Waals surface area contributed by atoms with Crippen LogP contribution in [0.1, 0.15) is 30.4 Å². The minimum Gasteiger partial charge on any atom is -0.493 e. The molecule has 0 heterocycles. The van der Waals surface area contributed by atoms with Gasteiger partial charge in [-0.05, 0) is 43.4 Å². The van der Waals surface area contributed by atoms with Gasteiger partial charge in [-0.25, -0.2) is 0 Å². The lowest BCUT2D eigenvalue weighted by atomic mass is 9.71. The standard InChI is InChI=1S/C13H18ClNO2/c1-8-9(13(15)5-4-6-13)7-10(16-2)12(17-3)11(8)14/h7H,4-6,15H2,1-3H3. The first-order valence-corrected chi connectivity index (χ1v) is 6.11. The second-order valence-corrected chi connectivity index (χ2v) is 4.99. The summed E-state index contributed by atoms with van der Waals surface area (Å²) in [6, 6.07) is 1.96. The number of halogens is 1. The summed E-state index contributed by atoms with van der Waals surface area (Å²) in [6.45, 7) is 1.98. The number of hydrogen-bond acceptors (Lipinski definition) is 3. The van der Waals surface area contributed by atoms with Gasteiger partial charge in [0.05, 0.1) is 19.2 Å². The fourth-order valence-corrected chi connectivity index (χ4v) is 2.66. The van der Waals surface area contributed by atoms with Crippen LogP contribution in [0.4, 0.5) is 0 Å². The number of nitrogens with two attached hydrogens (primary N) is 1. The van der Waals surface area contributed by atoms with Gasteiger partial charge in [0.15, 0.2) is 11.5 Å². The van der Waals surface area contributed by atoms with Gasteiger partial charge in [0.1, 0.15) is 0 Å². The third kappa shape index (κ3) is 1.87. The Morgan fingerprint density at radius 3 is 2.35 bits per heavy atom. The van der Waals surface area contributed by atoms with Crippen LogP contribution in [0, 0.1) is 6.92 Å². The molecule has 0 radical (unpaired) electrons. The molecule has 1 fully saturated rings. The number of methoxy groups -OCH3 is 2. The number of hydrogen-bond donors (Lipinski definition) is 1. The Morgan fingerprint density at radius 1 is 1.29 bits per heavy atom. The smallest absolute Gasteiger partial charge is 0.179 e. The third-order valence-electron chi connectivity index (χ3n) is 3.64. The molecule has 0 aromatic heterocycles. The van der Waals surface area contributed by atoms with Crippen LogP contribution < -0.4 is 15.2 Å². The van der Waals surface area contributed by atoms with Gasteiger partial charge < -0.3 is 15.2 Å². The van der Waals surface area contributed by atoms with Crippen LogP contribution in [0.15, 0.2) is 6.07 Å². The van der Waals surface area contributed by atoms with E-state index in [1.54, 1.807) is 14.2 Å². The van der Waals surface area contributed by atoms with Gasteiger partial charge in [-0.1, -0.05) is 11.6 Å². The highest BCUT2D eigenvalue weighted by atomic mass is 35.5. The SMILES string of the molecule is COc1cc(C2(N)CCC2)c(C)c(Cl)c1OC. The molecule has 0 bridgehead atoms. The maximum Gasteiger partial charge on any atom is 0.179 e. The summed E-state index contributed by atoms with van der Waals surface area (Å²) in [7, 11) is 3.20. The van der Waals surface area contributed by atoms with Crippen molar-refractivity contribution in [2.75, 3.05) is 14.2 Å². The summed E-state index contributed by atoms with van der Waals surface area (Å²) in [5.41, 5.74) is 8.18. The fourth-order valence-electron chi connectivity index (χ4n) is 2.39. The van der Waals surface area contributed by atoms with E-state index in [0.717, 1.165) is 24.0 Å². The molecule has 94 valence electrons. The minimum absolute atomic E-state index is 0.243. The van der Waals surface area contributed by atoms with E-state index in [1.165, 1.54) is 6.42 Å². The average Bonchev–Trinajstić information content (AvgIpc) is 2.29. The topological polar surface area (TPSA) is 44.5 Å². The normalized spacial score (nSPS) is 17.5. The van der Waals surface area contributed by atoms with E-state index in [1.807, 2.05) is 13.0 Å². The van der Waals surface area contributed by atoms with Crippen LogP contribution in [0.3, 0.4) is 0 Å². The van der Waals surface area contributed by atoms with Crippen LogP contribution in [0.25, 0.3) is 0 Å². The molecule has 1 saturated carbocycles. The molecule has 1 aliphatic rings. The maximum atomic E-state index is 6.35. The van der Waals surface area contributed by atoms with Gasteiger partial charge in [0.25, 0.3) is 0 Å². The van der Waals surface area contributed by atoms with E-state index in [0.29, 0.717) is 16.5 Å². The summed E-state index contributed by atoms with van der Waals surface area (Å²) >= 11 is 6.31. The summed E-state index contributed by atoms with van der Waals surface area (Å²) in [5, 5.41) is 0.596. The minimum atomic E-state index is -0.243. The molecule has 2 rings (SSSR count). The van der Waals surface area contributed by atoms with Crippen molar-refractivity contribution in [3.8, 4) is 11.5 Å². The van der Waals surface area contributed by atoms with Gasteiger partial charge in [-0.15, -0.1) is 0 Å². The van der Waals surface area contributed by atoms with Crippen LogP contribution >= 0.6 is 11.6 Å². The molecule has 0 unspecified atom stereocenters. The van der Waals surface area contributed by atoms with Crippen LogP contribution in [-0.2, 0) is 5.54 Å². The van der Waals surface area contributed by atoms with Crippen molar-refractivity contribution >= 4 is 11.6 Å². The molecule has 1 aliphatic carbocycles. The predicted octanol–water partition coefficient (Wildman–Crippen LogP) is 3.00. The molecule has 0 spiro atoms. The average molecular weight is 256 g/mol. The predicted molar refractivity (Wildman–Crippen MR) is 69.0 cm³/mol. The van der Waals surface area contributed by atoms with E-state index in [2.05, 4.69) is 0 Å². The fraction of sp³-hybridized carbons (Fsp3) is 0.538. The summed E-state index contributed by atoms with van der Waals surface area (Å²) in [4.78, 5) is 0. The van der Waals surface area contributed by atoms with Crippen LogP contribution in [0.5, 0.6) is 11.5 Å². The van der Waals surface area contributed by atoms with Gasteiger partial charge >= 0.3 is 0 Å². The highest BCUT2D eigenvalue weighted by Gasteiger charge is 2.37. The first-order valence-electron chi connectivity index (χ1n) is 5.74. The lowest BCUT2D eigenvalue weighted by molar-refractivity contribution is 0.250. The molecule has 4 heteroatoms. The van der Waals surface area contributed by atoms with Crippen molar-refractivity contribution in [1.29, 1.82) is 0 Å². The lowest BCUT2D eigenvalue weighted by Gasteiger charge is -2.40. The van der Waals surface area contributed by atoms with E-state index in [9.17, 15) is 0 Å². The molecule has 17 heavy (non-hydrogen) atoms. The van der Waals surface area contributed by atoms with Crippen molar-refractivity contribution in [2.45, 2.75) is 31.7 Å². The maximum absolute atomic E-state index is 6.35. The zero-order valence-electron chi connectivity index (χ0n) is 10.5. The Balaban J connectivity index is 2.58. The van der Waals surface area contributed by atoms with Gasteiger partial charge in [-0.3, -0.25) is 0 Å². The zero-order chi connectivity index (χ0) is 12.6. The summed E-state index contributed by atoms with van der Waals surface area (Å²) in [5.74, 6) is 1.23. The Morgan fingerprint density at radius 2 is 1.94 bits per heavy atom. The highest BCUT2D eigenvalue weighted by molar-refractivity contribution is 6.33. The van der Waals surface area contributed by atoms with Crippen molar-refractivity contribution in [3.63, 3.8) is 0 Å². The number of rotatable bonds is 3. The quantitative estimate of drug-likeness (QED) is 0.903. The molecular formula is C13H18ClNO2. The van der Waals surface area contributed by atoms with Crippen LogP contribution in [-0.4, -0.2) is 14.2 Å². The number of benzene rings is 1. The molecule has 0 atom stereocenters. The summed E-state index contributed by atoms with van der Waals surface area (Å²) < 4.78 is 10.6. The first-order chi connectivity index (χ1) is 8.03. The van der Waals surface area contributed by atoms with Crippen molar-refractivity contribution in [2.24, 2.45) is 5.73 Å². The number of ether oxygens (including phenoxy) is 2. The van der Waals surface area contributed by atoms with E-state index < -0.39 is 0 Å². The van der Waals surface area contributed by atoms with Crippen molar-refractivity contribution < 1.29 is 9.47 Å². The van der Waals surface area contributed by atoms with Crippen LogP contribution in [0.2, 0.25) is 5.02 Å². The van der Waals surface area contributed by atoms with E-state index in [-0.39, 0.29) is 5.54 Å². The molecule has 1 aromatic rings.